The number of nitrogens with zero attached hydrogens (tertiary/aromatic N) is 6. The van der Waals surface area contributed by atoms with Gasteiger partial charge in [0, 0.05) is 57.2 Å². The average Bonchev–Trinajstić information content (AvgIpc) is 3.95. The number of pyridine rings is 2. The molecule has 5 heterocycles. The van der Waals surface area contributed by atoms with Crippen molar-refractivity contribution in [3.05, 3.63) is 242 Å². The molecule has 0 radical (unpaired) electrons. The normalized spacial score (nSPS) is 11.7. The maximum Gasteiger partial charge on any atom is 0.207 e. The highest BCUT2D eigenvalue weighted by Crippen LogP contribution is 2.41. The minimum Gasteiger partial charge on any atom is -0.457 e. The molecule has 13 aromatic rings. The van der Waals surface area contributed by atoms with Crippen LogP contribution in [0.5, 0.6) is 23.0 Å². The van der Waals surface area contributed by atoms with Gasteiger partial charge in [0.1, 0.15) is 34.6 Å². The number of para-hydroxylation sites is 2. The van der Waals surface area contributed by atoms with Gasteiger partial charge in [-0.05, 0) is 145 Å². The molecule has 360 valence electrons. The Hall–Kier alpha value is -9.71. The monoisotopic (exact) mass is 992 g/mol. The zero-order valence-electron chi connectivity index (χ0n) is 40.7. The maximum absolute atomic E-state index is 14.5. The van der Waals surface area contributed by atoms with Gasteiger partial charge in [-0.15, -0.1) is 0 Å². The fraction of sp³-hybridized carbons (Fsp3) is 0.0312. The molecule has 0 atom stereocenters. The van der Waals surface area contributed by atoms with Gasteiger partial charge in [-0.3, -0.25) is 19.1 Å². The standard InChI is InChI=1S/C64H44N6O4S/c1-41-29-31-65-63(33-41)69-58-19-11-9-17-50(58)52-26-22-46(37-60(52)69)73-44-21-25-49(43-13-5-3-6-14-43)54(35-44)56-39-68-57(40-67-56)55-36-45(24-28-62(55)75(71,72)48-15-7-4-8-16-48)74-47-23-27-53-51-18-10-12-20-59(51)70(61(53)38-47)64-34-42(2)30-32-66-64/h3-40H,1-2H3. The zero-order valence-corrected chi connectivity index (χ0v) is 41.5. The molecule has 0 unspecified atom stereocenters. The van der Waals surface area contributed by atoms with Crippen molar-refractivity contribution < 1.29 is 17.9 Å². The number of hydrogen-bond donors (Lipinski definition) is 0. The third-order valence-corrected chi connectivity index (χ3v) is 15.4. The Morgan fingerprint density at radius 1 is 0.387 bits per heavy atom. The highest BCUT2D eigenvalue weighted by molar-refractivity contribution is 7.91. The Morgan fingerprint density at radius 3 is 1.39 bits per heavy atom. The third-order valence-electron chi connectivity index (χ3n) is 13.6. The first-order valence-electron chi connectivity index (χ1n) is 24.5. The minimum absolute atomic E-state index is 0.0683. The first kappa shape index (κ1) is 45.2. The molecular weight excluding hydrogens is 949 g/mol. The van der Waals surface area contributed by atoms with E-state index >= 15 is 0 Å². The second kappa shape index (κ2) is 18.4. The molecule has 5 aromatic heterocycles. The van der Waals surface area contributed by atoms with Gasteiger partial charge in [0.05, 0.1) is 55.6 Å². The molecule has 0 N–H and O–H groups in total. The molecule has 0 spiro atoms. The van der Waals surface area contributed by atoms with Gasteiger partial charge in [0.25, 0.3) is 0 Å². The second-order valence-corrected chi connectivity index (χ2v) is 20.4. The summed E-state index contributed by atoms with van der Waals surface area (Å²) in [5.41, 5.74) is 10.1. The van der Waals surface area contributed by atoms with Crippen LogP contribution < -0.4 is 9.47 Å². The molecule has 0 bridgehead atoms. The lowest BCUT2D eigenvalue weighted by Gasteiger charge is -2.15. The van der Waals surface area contributed by atoms with Crippen LogP contribution in [0.25, 0.3) is 88.9 Å². The molecule has 8 aromatic carbocycles. The largest absolute Gasteiger partial charge is 0.457 e. The van der Waals surface area contributed by atoms with Crippen molar-refractivity contribution in [3.63, 3.8) is 0 Å². The first-order chi connectivity index (χ1) is 36.7. The molecular formula is C64H44N6O4S. The van der Waals surface area contributed by atoms with E-state index in [-0.39, 0.29) is 9.79 Å². The molecule has 0 aliphatic rings. The quantitative estimate of drug-likeness (QED) is 0.126. The van der Waals surface area contributed by atoms with Crippen molar-refractivity contribution in [2.75, 3.05) is 0 Å². The van der Waals surface area contributed by atoms with E-state index in [1.807, 2.05) is 110 Å². The van der Waals surface area contributed by atoms with Crippen LogP contribution in [0, 0.1) is 13.8 Å². The molecule has 11 heteroatoms. The molecule has 10 nitrogen and oxygen atoms in total. The van der Waals surface area contributed by atoms with E-state index in [9.17, 15) is 8.42 Å². The summed E-state index contributed by atoms with van der Waals surface area (Å²) in [6.45, 7) is 4.12. The highest BCUT2D eigenvalue weighted by Gasteiger charge is 2.25. The van der Waals surface area contributed by atoms with Crippen LogP contribution in [-0.4, -0.2) is 37.5 Å². The van der Waals surface area contributed by atoms with E-state index in [0.29, 0.717) is 39.9 Å². The van der Waals surface area contributed by atoms with Crippen LogP contribution in [0.15, 0.2) is 241 Å². The summed E-state index contributed by atoms with van der Waals surface area (Å²) >= 11 is 0. The molecule has 0 saturated heterocycles. The van der Waals surface area contributed by atoms with Crippen molar-refractivity contribution in [3.8, 4) is 68.3 Å². The van der Waals surface area contributed by atoms with Crippen LogP contribution >= 0.6 is 0 Å². The minimum atomic E-state index is -4.03. The number of aromatic nitrogens is 6. The Bertz CT molecular complexity index is 4460. The second-order valence-electron chi connectivity index (χ2n) is 18.5. The molecule has 0 aliphatic heterocycles. The molecule has 0 saturated carbocycles. The van der Waals surface area contributed by atoms with Crippen molar-refractivity contribution in [1.29, 1.82) is 0 Å². The van der Waals surface area contributed by atoms with E-state index in [0.717, 1.165) is 83.1 Å². The number of ether oxygens (including phenoxy) is 2. The summed E-state index contributed by atoms with van der Waals surface area (Å²) in [5.74, 6) is 3.85. The zero-order chi connectivity index (χ0) is 50.6. The number of rotatable bonds is 11. The van der Waals surface area contributed by atoms with Crippen LogP contribution in [-0.2, 0) is 9.84 Å². The summed E-state index contributed by atoms with van der Waals surface area (Å²) in [7, 11) is -4.03. The average molecular weight is 993 g/mol. The Balaban J connectivity index is 0.888. The molecule has 0 fully saturated rings. The Labute approximate surface area is 432 Å². The number of fused-ring (bicyclic) bond motifs is 6. The van der Waals surface area contributed by atoms with Crippen molar-refractivity contribution in [2.45, 2.75) is 23.6 Å². The summed E-state index contributed by atoms with van der Waals surface area (Å²) < 4.78 is 46.7. The fourth-order valence-corrected chi connectivity index (χ4v) is 11.6. The van der Waals surface area contributed by atoms with Crippen LogP contribution in [0.1, 0.15) is 11.1 Å². The third kappa shape index (κ3) is 8.21. The summed E-state index contributed by atoms with van der Waals surface area (Å²) in [4.78, 5) is 19.7. The summed E-state index contributed by atoms with van der Waals surface area (Å²) in [6, 6.07) is 66.2. The van der Waals surface area contributed by atoms with Gasteiger partial charge in [-0.1, -0.05) is 84.9 Å². The van der Waals surface area contributed by atoms with E-state index < -0.39 is 9.84 Å². The van der Waals surface area contributed by atoms with E-state index in [4.69, 9.17) is 29.4 Å². The van der Waals surface area contributed by atoms with Gasteiger partial charge in [0.15, 0.2) is 0 Å². The smallest absolute Gasteiger partial charge is 0.207 e. The summed E-state index contributed by atoms with van der Waals surface area (Å²) in [6.07, 6.45) is 6.95. The lowest BCUT2D eigenvalue weighted by molar-refractivity contribution is 0.483. The van der Waals surface area contributed by atoms with Crippen molar-refractivity contribution >= 4 is 53.4 Å². The van der Waals surface area contributed by atoms with Gasteiger partial charge in [-0.25, -0.2) is 18.4 Å². The van der Waals surface area contributed by atoms with E-state index in [2.05, 4.69) is 82.8 Å². The fourth-order valence-electron chi connectivity index (χ4n) is 10.1. The van der Waals surface area contributed by atoms with Crippen molar-refractivity contribution in [1.82, 2.24) is 29.1 Å². The number of aryl methyl sites for hydroxylation is 2. The van der Waals surface area contributed by atoms with Crippen LogP contribution in [0.4, 0.5) is 0 Å². The Morgan fingerprint density at radius 2 is 0.840 bits per heavy atom. The van der Waals surface area contributed by atoms with Gasteiger partial charge in [0.2, 0.25) is 9.84 Å². The lowest BCUT2D eigenvalue weighted by atomic mass is 9.97. The predicted octanol–water partition coefficient (Wildman–Crippen LogP) is 15.5. The number of sulfone groups is 1. The number of hydrogen-bond acceptors (Lipinski definition) is 8. The highest BCUT2D eigenvalue weighted by atomic mass is 32.2. The topological polar surface area (TPSA) is 114 Å². The maximum atomic E-state index is 14.5. The molecule has 0 aliphatic carbocycles. The van der Waals surface area contributed by atoms with E-state index in [1.54, 1.807) is 60.9 Å². The number of benzene rings is 8. The molecule has 13 rings (SSSR count). The van der Waals surface area contributed by atoms with Gasteiger partial charge in [-0.2, -0.15) is 0 Å². The SMILES string of the molecule is Cc1ccnc(-n2c3ccccc3c3ccc(Oc4ccc(-c5ccccc5)c(-c5cnc(-c6cc(Oc7ccc8c9ccccc9n(-c9cc(C)ccn9)c8c7)ccc6S(=O)(=O)c6ccccc6)cn5)c4)cc32)c1. The van der Waals surface area contributed by atoms with Gasteiger partial charge < -0.3 is 9.47 Å². The van der Waals surface area contributed by atoms with Gasteiger partial charge >= 0.3 is 0 Å². The predicted molar refractivity (Wildman–Crippen MR) is 297 cm³/mol. The van der Waals surface area contributed by atoms with Crippen LogP contribution in [0.2, 0.25) is 0 Å². The summed E-state index contributed by atoms with van der Waals surface area (Å²) in [5, 5.41) is 4.35. The Kier molecular flexibility index (Phi) is 11.1. The first-order valence-corrected chi connectivity index (χ1v) is 26.0. The molecule has 75 heavy (non-hydrogen) atoms. The van der Waals surface area contributed by atoms with E-state index in [1.165, 1.54) is 0 Å². The van der Waals surface area contributed by atoms with Crippen molar-refractivity contribution in [2.24, 2.45) is 0 Å². The van der Waals surface area contributed by atoms with Crippen LogP contribution in [0.3, 0.4) is 0 Å². The molecule has 0 amide bonds. The lowest BCUT2D eigenvalue weighted by Crippen LogP contribution is -2.05.